The maximum absolute atomic E-state index is 8.62. The number of nitrogens with one attached hydrogen (secondary N) is 1. The molecule has 1 N–H and O–H groups in total. The van der Waals surface area contributed by atoms with Gasteiger partial charge in [-0.25, -0.2) is 4.98 Å². The summed E-state index contributed by atoms with van der Waals surface area (Å²) >= 11 is 0. The first-order chi connectivity index (χ1) is 7.78. The molecular formula is C13H11N3. The van der Waals surface area contributed by atoms with Crippen LogP contribution in [0.5, 0.6) is 0 Å². The third-order valence-electron chi connectivity index (χ3n) is 2.18. The van der Waals surface area contributed by atoms with Crippen molar-refractivity contribution < 1.29 is 0 Å². The van der Waals surface area contributed by atoms with Crippen molar-refractivity contribution in [1.82, 2.24) is 4.98 Å². The first-order valence-electron chi connectivity index (χ1n) is 4.98. The molecule has 0 spiro atoms. The van der Waals surface area contributed by atoms with Gasteiger partial charge in [-0.05, 0) is 36.8 Å². The van der Waals surface area contributed by atoms with Crippen LogP contribution in [-0.4, -0.2) is 4.98 Å². The van der Waals surface area contributed by atoms with Crippen molar-refractivity contribution in [2.45, 2.75) is 6.92 Å². The van der Waals surface area contributed by atoms with Gasteiger partial charge in [0.1, 0.15) is 11.8 Å². The number of anilines is 2. The summed E-state index contributed by atoms with van der Waals surface area (Å²) in [6.07, 6.45) is 1.65. The van der Waals surface area contributed by atoms with Gasteiger partial charge in [-0.1, -0.05) is 12.1 Å². The van der Waals surface area contributed by atoms with Crippen molar-refractivity contribution in [3.8, 4) is 6.07 Å². The highest BCUT2D eigenvalue weighted by Crippen LogP contribution is 2.16. The third-order valence-corrected chi connectivity index (χ3v) is 2.18. The van der Waals surface area contributed by atoms with E-state index in [2.05, 4.69) is 16.4 Å². The van der Waals surface area contributed by atoms with Gasteiger partial charge in [0.05, 0.1) is 11.9 Å². The Morgan fingerprint density at radius 1 is 1.19 bits per heavy atom. The van der Waals surface area contributed by atoms with Crippen molar-refractivity contribution in [3.05, 3.63) is 53.9 Å². The molecule has 0 unspecified atom stereocenters. The second-order valence-electron chi connectivity index (χ2n) is 3.54. The van der Waals surface area contributed by atoms with Crippen LogP contribution in [0.4, 0.5) is 11.4 Å². The normalized spacial score (nSPS) is 9.50. The number of hydrogen-bond acceptors (Lipinski definition) is 3. The lowest BCUT2D eigenvalue weighted by molar-refractivity contribution is 1.26. The number of hydrogen-bond donors (Lipinski definition) is 1. The second kappa shape index (κ2) is 4.45. The minimum Gasteiger partial charge on any atom is -0.354 e. The summed E-state index contributed by atoms with van der Waals surface area (Å²) in [7, 11) is 0. The average Bonchev–Trinajstić information content (AvgIpc) is 2.30. The van der Waals surface area contributed by atoms with Crippen LogP contribution in [0.25, 0.3) is 0 Å². The lowest BCUT2D eigenvalue weighted by Crippen LogP contribution is -1.92. The van der Waals surface area contributed by atoms with Gasteiger partial charge in [-0.2, -0.15) is 5.26 Å². The molecule has 0 atom stereocenters. The molecule has 0 aliphatic heterocycles. The molecule has 2 rings (SSSR count). The van der Waals surface area contributed by atoms with Crippen molar-refractivity contribution in [1.29, 1.82) is 5.26 Å². The molecule has 78 valence electrons. The zero-order valence-corrected chi connectivity index (χ0v) is 8.94. The molecule has 0 amide bonds. The van der Waals surface area contributed by atoms with Gasteiger partial charge in [0.25, 0.3) is 0 Å². The smallest absolute Gasteiger partial charge is 0.140 e. The highest BCUT2D eigenvalue weighted by molar-refractivity contribution is 5.59. The maximum atomic E-state index is 8.62. The predicted octanol–water partition coefficient (Wildman–Crippen LogP) is 3.01. The summed E-state index contributed by atoms with van der Waals surface area (Å²) in [4.78, 5) is 3.99. The van der Waals surface area contributed by atoms with Crippen LogP contribution in [-0.2, 0) is 0 Å². The summed E-state index contributed by atoms with van der Waals surface area (Å²) in [5, 5.41) is 11.8. The van der Waals surface area contributed by atoms with Crippen molar-refractivity contribution in [3.63, 3.8) is 0 Å². The lowest BCUT2D eigenvalue weighted by atomic mass is 10.2. The summed E-state index contributed by atoms with van der Waals surface area (Å²) in [5.74, 6) is 0. The van der Waals surface area contributed by atoms with Crippen LogP contribution in [0.2, 0.25) is 0 Å². The Balaban J connectivity index is 2.18. The van der Waals surface area contributed by atoms with E-state index in [4.69, 9.17) is 5.26 Å². The fraction of sp³-hybridized carbons (Fsp3) is 0.0769. The molecule has 1 aromatic carbocycles. The Bertz CT molecular complexity index is 524. The summed E-state index contributed by atoms with van der Waals surface area (Å²) in [6, 6.07) is 13.6. The number of aromatic nitrogens is 1. The molecule has 0 saturated heterocycles. The van der Waals surface area contributed by atoms with Crippen LogP contribution in [0, 0.1) is 18.3 Å². The van der Waals surface area contributed by atoms with Crippen molar-refractivity contribution in [2.24, 2.45) is 0 Å². The number of aryl methyl sites for hydroxylation is 1. The molecule has 2 aromatic rings. The Hall–Kier alpha value is -2.34. The van der Waals surface area contributed by atoms with Crippen LogP contribution in [0.15, 0.2) is 42.6 Å². The standard InChI is InChI=1S/C13H11N3/c1-10-3-2-4-11(7-10)16-13-6-5-12(8-14)15-9-13/h2-7,9,16H,1H3. The molecule has 16 heavy (non-hydrogen) atoms. The van der Waals surface area contributed by atoms with E-state index in [1.165, 1.54) is 5.56 Å². The highest BCUT2D eigenvalue weighted by Gasteiger charge is 1.96. The van der Waals surface area contributed by atoms with E-state index < -0.39 is 0 Å². The lowest BCUT2D eigenvalue weighted by Gasteiger charge is -2.06. The summed E-state index contributed by atoms with van der Waals surface area (Å²) in [5.41, 5.74) is 3.53. The molecule has 0 radical (unpaired) electrons. The fourth-order valence-electron chi connectivity index (χ4n) is 1.42. The Kier molecular flexibility index (Phi) is 2.84. The number of nitrogens with zero attached hydrogens (tertiary/aromatic N) is 2. The van der Waals surface area contributed by atoms with E-state index in [0.717, 1.165) is 11.4 Å². The van der Waals surface area contributed by atoms with Gasteiger partial charge in [0, 0.05) is 5.69 Å². The summed E-state index contributed by atoms with van der Waals surface area (Å²) < 4.78 is 0. The number of nitriles is 1. The van der Waals surface area contributed by atoms with Crippen LogP contribution in [0.3, 0.4) is 0 Å². The van der Waals surface area contributed by atoms with Gasteiger partial charge in [0.2, 0.25) is 0 Å². The predicted molar refractivity (Wildman–Crippen MR) is 63.4 cm³/mol. The van der Waals surface area contributed by atoms with E-state index in [1.807, 2.05) is 37.3 Å². The minimum atomic E-state index is 0.426. The largest absolute Gasteiger partial charge is 0.354 e. The SMILES string of the molecule is Cc1cccc(Nc2ccc(C#N)nc2)c1. The third kappa shape index (κ3) is 2.37. The monoisotopic (exact) mass is 209 g/mol. The molecule has 1 heterocycles. The van der Waals surface area contributed by atoms with E-state index in [1.54, 1.807) is 12.3 Å². The Morgan fingerprint density at radius 3 is 2.69 bits per heavy atom. The Labute approximate surface area is 94.4 Å². The van der Waals surface area contributed by atoms with Crippen LogP contribution >= 0.6 is 0 Å². The molecule has 0 aliphatic rings. The quantitative estimate of drug-likeness (QED) is 0.827. The molecule has 1 aromatic heterocycles. The molecule has 3 heteroatoms. The highest BCUT2D eigenvalue weighted by atomic mass is 14.9. The van der Waals surface area contributed by atoms with Gasteiger partial charge in [0.15, 0.2) is 0 Å². The van der Waals surface area contributed by atoms with Crippen molar-refractivity contribution in [2.75, 3.05) is 5.32 Å². The molecule has 0 saturated carbocycles. The second-order valence-corrected chi connectivity index (χ2v) is 3.54. The first-order valence-corrected chi connectivity index (χ1v) is 4.98. The first kappa shape index (κ1) is 10.2. The zero-order chi connectivity index (χ0) is 11.4. The molecule has 0 bridgehead atoms. The van der Waals surface area contributed by atoms with Gasteiger partial charge in [-0.15, -0.1) is 0 Å². The van der Waals surface area contributed by atoms with E-state index in [0.29, 0.717) is 5.69 Å². The topological polar surface area (TPSA) is 48.7 Å². The summed E-state index contributed by atoms with van der Waals surface area (Å²) in [6.45, 7) is 2.04. The van der Waals surface area contributed by atoms with E-state index >= 15 is 0 Å². The van der Waals surface area contributed by atoms with Gasteiger partial charge in [-0.3, -0.25) is 0 Å². The average molecular weight is 209 g/mol. The number of pyridine rings is 1. The Morgan fingerprint density at radius 2 is 2.06 bits per heavy atom. The maximum Gasteiger partial charge on any atom is 0.140 e. The van der Waals surface area contributed by atoms with Crippen LogP contribution in [0.1, 0.15) is 11.3 Å². The molecule has 3 nitrogen and oxygen atoms in total. The number of benzene rings is 1. The van der Waals surface area contributed by atoms with Gasteiger partial charge < -0.3 is 5.32 Å². The van der Waals surface area contributed by atoms with E-state index in [9.17, 15) is 0 Å². The van der Waals surface area contributed by atoms with Crippen molar-refractivity contribution >= 4 is 11.4 Å². The fourth-order valence-corrected chi connectivity index (χ4v) is 1.42. The molecule has 0 fully saturated rings. The van der Waals surface area contributed by atoms with E-state index in [-0.39, 0.29) is 0 Å². The van der Waals surface area contributed by atoms with Crippen LogP contribution < -0.4 is 5.32 Å². The molecular weight excluding hydrogens is 198 g/mol. The number of rotatable bonds is 2. The molecule has 0 aliphatic carbocycles. The zero-order valence-electron chi connectivity index (χ0n) is 8.94. The van der Waals surface area contributed by atoms with Gasteiger partial charge >= 0.3 is 0 Å². The minimum absolute atomic E-state index is 0.426.